The highest BCUT2D eigenvalue weighted by Crippen LogP contribution is 2.14. The number of hydrogen-bond acceptors (Lipinski definition) is 3. The molecule has 0 amide bonds. The lowest BCUT2D eigenvalue weighted by atomic mass is 10.4. The second-order valence-electron chi connectivity index (χ2n) is 4.04. The molecule has 96 valence electrons. The molecule has 0 fully saturated rings. The van der Waals surface area contributed by atoms with Crippen molar-refractivity contribution in [2.45, 2.75) is 32.9 Å². The zero-order chi connectivity index (χ0) is 12.8. The predicted octanol–water partition coefficient (Wildman–Crippen LogP) is -0.0874. The molecule has 0 saturated heterocycles. The van der Waals surface area contributed by atoms with E-state index >= 15 is 0 Å². The van der Waals surface area contributed by atoms with Gasteiger partial charge < -0.3 is 15.2 Å². The Morgan fingerprint density at radius 1 is 1.50 bits per heavy atom. The minimum atomic E-state index is 0.462. The van der Waals surface area contributed by atoms with E-state index in [9.17, 15) is 0 Å². The molecule has 0 radical (unpaired) electrons. The van der Waals surface area contributed by atoms with Gasteiger partial charge in [0.1, 0.15) is 12.4 Å². The fourth-order valence-electron chi connectivity index (χ4n) is 1.95. The second-order valence-corrected chi connectivity index (χ2v) is 4.04. The van der Waals surface area contributed by atoms with Crippen LogP contribution in [0.2, 0.25) is 0 Å². The lowest BCUT2D eigenvalue weighted by Crippen LogP contribution is -2.37. The molecule has 1 aliphatic rings. The molecule has 0 atom stereocenters. The Labute approximate surface area is 107 Å². The molecule has 0 unspecified atom stereocenters. The number of hydrogen-bond donors (Lipinski definition) is 2. The first-order valence-corrected chi connectivity index (χ1v) is 6.21. The molecule has 0 aliphatic carbocycles. The third-order valence-electron chi connectivity index (χ3n) is 2.77. The number of guanidine groups is 1. The average Bonchev–Trinajstić information content (AvgIpc) is 2.96. The van der Waals surface area contributed by atoms with E-state index in [1.807, 2.05) is 6.92 Å². The SMILES string of the molecule is C#CCNC(=NCc1nnc2n1CCC2)NCC. The Hall–Kier alpha value is -2.03. The van der Waals surface area contributed by atoms with Crippen molar-refractivity contribution < 1.29 is 0 Å². The van der Waals surface area contributed by atoms with Gasteiger partial charge in [0.2, 0.25) is 0 Å². The number of aliphatic imine (C=N–C) groups is 1. The van der Waals surface area contributed by atoms with Crippen molar-refractivity contribution >= 4 is 5.96 Å². The quantitative estimate of drug-likeness (QED) is 0.443. The molecule has 6 nitrogen and oxygen atoms in total. The summed E-state index contributed by atoms with van der Waals surface area (Å²) in [5, 5.41) is 14.5. The lowest BCUT2D eigenvalue weighted by Gasteiger charge is -2.08. The van der Waals surface area contributed by atoms with Crippen LogP contribution in [-0.4, -0.2) is 33.8 Å². The summed E-state index contributed by atoms with van der Waals surface area (Å²) < 4.78 is 2.15. The van der Waals surface area contributed by atoms with Crippen LogP contribution in [0.3, 0.4) is 0 Å². The smallest absolute Gasteiger partial charge is 0.192 e. The third kappa shape index (κ3) is 2.80. The van der Waals surface area contributed by atoms with Crippen LogP contribution in [0.1, 0.15) is 25.0 Å². The van der Waals surface area contributed by atoms with Crippen LogP contribution in [0, 0.1) is 12.3 Å². The van der Waals surface area contributed by atoms with Crippen LogP contribution >= 0.6 is 0 Å². The molecule has 0 saturated carbocycles. The molecule has 1 aromatic rings. The van der Waals surface area contributed by atoms with Crippen molar-refractivity contribution in [2.75, 3.05) is 13.1 Å². The first kappa shape index (κ1) is 12.4. The number of nitrogens with zero attached hydrogens (tertiary/aromatic N) is 4. The zero-order valence-corrected chi connectivity index (χ0v) is 10.6. The van der Waals surface area contributed by atoms with E-state index in [0.717, 1.165) is 37.6 Å². The molecular formula is C12H18N6. The van der Waals surface area contributed by atoms with Gasteiger partial charge in [0.15, 0.2) is 11.8 Å². The minimum absolute atomic E-state index is 0.462. The minimum Gasteiger partial charge on any atom is -0.357 e. The van der Waals surface area contributed by atoms with Crippen molar-refractivity contribution in [2.24, 2.45) is 4.99 Å². The number of aromatic nitrogens is 3. The van der Waals surface area contributed by atoms with Crippen LogP contribution in [0.15, 0.2) is 4.99 Å². The normalized spacial score (nSPS) is 14.1. The molecule has 2 N–H and O–H groups in total. The molecule has 6 heteroatoms. The van der Waals surface area contributed by atoms with E-state index in [-0.39, 0.29) is 0 Å². The van der Waals surface area contributed by atoms with Gasteiger partial charge in [-0.2, -0.15) is 0 Å². The summed E-state index contributed by atoms with van der Waals surface area (Å²) in [5.74, 6) is 5.23. The highest BCUT2D eigenvalue weighted by Gasteiger charge is 2.16. The zero-order valence-electron chi connectivity index (χ0n) is 10.6. The maximum absolute atomic E-state index is 5.22. The Kier molecular flexibility index (Phi) is 4.18. The van der Waals surface area contributed by atoms with Crippen LogP contribution < -0.4 is 10.6 Å². The molecule has 18 heavy (non-hydrogen) atoms. The first-order valence-electron chi connectivity index (χ1n) is 6.21. The van der Waals surface area contributed by atoms with E-state index in [1.54, 1.807) is 0 Å². The first-order chi connectivity index (χ1) is 8.85. The second kappa shape index (κ2) is 6.05. The van der Waals surface area contributed by atoms with E-state index in [0.29, 0.717) is 19.0 Å². The third-order valence-corrected chi connectivity index (χ3v) is 2.77. The van der Waals surface area contributed by atoms with Crippen molar-refractivity contribution in [1.82, 2.24) is 25.4 Å². The Morgan fingerprint density at radius 2 is 2.39 bits per heavy atom. The number of rotatable bonds is 4. The fraction of sp³-hybridized carbons (Fsp3) is 0.583. The molecule has 0 spiro atoms. The maximum atomic E-state index is 5.22. The van der Waals surface area contributed by atoms with Gasteiger partial charge >= 0.3 is 0 Å². The van der Waals surface area contributed by atoms with E-state index in [2.05, 4.69) is 36.3 Å². The van der Waals surface area contributed by atoms with Crippen molar-refractivity contribution in [3.8, 4) is 12.3 Å². The summed E-state index contributed by atoms with van der Waals surface area (Å²) in [5.41, 5.74) is 0. The highest BCUT2D eigenvalue weighted by atomic mass is 15.3. The summed E-state index contributed by atoms with van der Waals surface area (Å²) in [6.45, 7) is 4.80. The molecule has 2 heterocycles. The van der Waals surface area contributed by atoms with Crippen LogP contribution in [0.25, 0.3) is 0 Å². The summed E-state index contributed by atoms with van der Waals surface area (Å²) in [6, 6.07) is 0. The predicted molar refractivity (Wildman–Crippen MR) is 70.0 cm³/mol. The topological polar surface area (TPSA) is 67.1 Å². The van der Waals surface area contributed by atoms with Gasteiger partial charge in [0, 0.05) is 19.5 Å². The van der Waals surface area contributed by atoms with Crippen LogP contribution in [0.5, 0.6) is 0 Å². The van der Waals surface area contributed by atoms with E-state index < -0.39 is 0 Å². The van der Waals surface area contributed by atoms with Crippen LogP contribution in [0.4, 0.5) is 0 Å². The number of terminal acetylenes is 1. The van der Waals surface area contributed by atoms with Gasteiger partial charge in [-0.05, 0) is 13.3 Å². The Balaban J connectivity index is 2.00. The van der Waals surface area contributed by atoms with Gasteiger partial charge in [-0.15, -0.1) is 16.6 Å². The largest absolute Gasteiger partial charge is 0.357 e. The summed E-state index contributed by atoms with van der Waals surface area (Å²) in [6.07, 6.45) is 7.39. The molecule has 0 bridgehead atoms. The van der Waals surface area contributed by atoms with Crippen molar-refractivity contribution in [3.05, 3.63) is 11.6 Å². The number of nitrogens with one attached hydrogen (secondary N) is 2. The Morgan fingerprint density at radius 3 is 3.17 bits per heavy atom. The summed E-state index contributed by atoms with van der Waals surface area (Å²) >= 11 is 0. The molecule has 2 rings (SSSR count). The molecule has 1 aromatic heterocycles. The average molecular weight is 246 g/mol. The van der Waals surface area contributed by atoms with Crippen LogP contribution in [-0.2, 0) is 19.5 Å². The summed E-state index contributed by atoms with van der Waals surface area (Å²) in [7, 11) is 0. The van der Waals surface area contributed by atoms with Gasteiger partial charge in [-0.25, -0.2) is 4.99 Å². The molecule has 1 aliphatic heterocycles. The molecular weight excluding hydrogens is 228 g/mol. The standard InChI is InChI=1S/C12H18N6/c1-3-7-14-12(13-4-2)15-9-11-17-16-10-6-5-8-18(10)11/h1H,4-9H2,2H3,(H2,13,14,15). The lowest BCUT2D eigenvalue weighted by molar-refractivity contribution is 0.685. The maximum Gasteiger partial charge on any atom is 0.192 e. The van der Waals surface area contributed by atoms with Gasteiger partial charge in [-0.1, -0.05) is 5.92 Å². The fourth-order valence-corrected chi connectivity index (χ4v) is 1.95. The monoisotopic (exact) mass is 246 g/mol. The highest BCUT2D eigenvalue weighted by molar-refractivity contribution is 5.79. The van der Waals surface area contributed by atoms with Crippen molar-refractivity contribution in [1.29, 1.82) is 0 Å². The molecule has 0 aromatic carbocycles. The Bertz CT molecular complexity index is 467. The number of fused-ring (bicyclic) bond motifs is 1. The van der Waals surface area contributed by atoms with E-state index in [4.69, 9.17) is 6.42 Å². The van der Waals surface area contributed by atoms with E-state index in [1.165, 1.54) is 0 Å². The van der Waals surface area contributed by atoms with Gasteiger partial charge in [0.25, 0.3) is 0 Å². The van der Waals surface area contributed by atoms with Gasteiger partial charge in [-0.3, -0.25) is 0 Å². The number of aryl methyl sites for hydroxylation is 1. The summed E-state index contributed by atoms with van der Waals surface area (Å²) in [4.78, 5) is 4.45. The van der Waals surface area contributed by atoms with Crippen molar-refractivity contribution in [3.63, 3.8) is 0 Å². The van der Waals surface area contributed by atoms with Gasteiger partial charge in [0.05, 0.1) is 6.54 Å².